The summed E-state index contributed by atoms with van der Waals surface area (Å²) < 4.78 is 28.8. The highest BCUT2D eigenvalue weighted by molar-refractivity contribution is 7.92. The lowest BCUT2D eigenvalue weighted by Gasteiger charge is -2.33. The molecule has 0 spiro atoms. The Morgan fingerprint density at radius 3 is 2.11 bits per heavy atom. The zero-order valence-corrected chi connectivity index (χ0v) is 22.7. The summed E-state index contributed by atoms with van der Waals surface area (Å²) in [5.74, 6) is -0.680. The van der Waals surface area contributed by atoms with Gasteiger partial charge in [-0.25, -0.2) is 8.42 Å². The molecule has 1 saturated carbocycles. The average Bonchev–Trinajstić information content (AvgIpc) is 3.44. The quantitative estimate of drug-likeness (QED) is 0.411. The molecule has 7 nitrogen and oxygen atoms in total. The Morgan fingerprint density at radius 2 is 1.47 bits per heavy atom. The van der Waals surface area contributed by atoms with Crippen LogP contribution in [0, 0.1) is 6.92 Å². The molecule has 0 aromatic heterocycles. The third-order valence-electron chi connectivity index (χ3n) is 7.06. The third-order valence-corrected chi connectivity index (χ3v) is 8.83. The molecule has 2 amide bonds. The summed E-state index contributed by atoms with van der Waals surface area (Å²) >= 11 is 0. The van der Waals surface area contributed by atoms with Gasteiger partial charge >= 0.3 is 0 Å². The molecular weight excluding hydrogens is 498 g/mol. The van der Waals surface area contributed by atoms with Gasteiger partial charge in [0.2, 0.25) is 11.8 Å². The fourth-order valence-electron chi connectivity index (χ4n) is 4.83. The molecule has 3 aromatic rings. The SMILES string of the molecule is Cc1ccccc1N(CC(=O)N(Cc1ccccc1)[C@H](C)C(=O)NC1CCCC1)S(=O)(=O)c1ccccc1. The van der Waals surface area contributed by atoms with Crippen molar-refractivity contribution in [3.8, 4) is 0 Å². The smallest absolute Gasteiger partial charge is 0.264 e. The van der Waals surface area contributed by atoms with Crippen LogP contribution in [0.25, 0.3) is 0 Å². The first-order valence-corrected chi connectivity index (χ1v) is 14.5. The normalized spacial score (nSPS) is 14.6. The van der Waals surface area contributed by atoms with Gasteiger partial charge in [-0.05, 0) is 56.0 Å². The van der Waals surface area contributed by atoms with Gasteiger partial charge in [0.15, 0.2) is 0 Å². The van der Waals surface area contributed by atoms with Gasteiger partial charge in [0.1, 0.15) is 12.6 Å². The number of sulfonamides is 1. The highest BCUT2D eigenvalue weighted by atomic mass is 32.2. The molecule has 0 bridgehead atoms. The number of hydrogen-bond acceptors (Lipinski definition) is 4. The number of rotatable bonds is 10. The van der Waals surface area contributed by atoms with Crippen LogP contribution in [0.4, 0.5) is 5.69 Å². The van der Waals surface area contributed by atoms with Crippen LogP contribution in [-0.2, 0) is 26.2 Å². The molecule has 38 heavy (non-hydrogen) atoms. The van der Waals surface area contributed by atoms with Crippen LogP contribution < -0.4 is 9.62 Å². The molecule has 3 aromatic carbocycles. The minimum atomic E-state index is -4.06. The number of anilines is 1. The molecule has 200 valence electrons. The van der Waals surface area contributed by atoms with Crippen molar-refractivity contribution in [2.75, 3.05) is 10.8 Å². The van der Waals surface area contributed by atoms with Crippen molar-refractivity contribution >= 4 is 27.5 Å². The molecule has 0 unspecified atom stereocenters. The first kappa shape index (κ1) is 27.4. The van der Waals surface area contributed by atoms with Crippen molar-refractivity contribution in [2.45, 2.75) is 63.1 Å². The molecule has 1 N–H and O–H groups in total. The van der Waals surface area contributed by atoms with Gasteiger partial charge < -0.3 is 10.2 Å². The molecule has 4 rings (SSSR count). The van der Waals surface area contributed by atoms with Crippen molar-refractivity contribution in [3.05, 3.63) is 96.1 Å². The van der Waals surface area contributed by atoms with Crippen molar-refractivity contribution in [1.82, 2.24) is 10.2 Å². The van der Waals surface area contributed by atoms with Crippen molar-refractivity contribution in [3.63, 3.8) is 0 Å². The number of para-hydroxylation sites is 1. The number of carbonyl (C=O) groups excluding carboxylic acids is 2. The Hall–Kier alpha value is -3.65. The van der Waals surface area contributed by atoms with Gasteiger partial charge in [-0.3, -0.25) is 13.9 Å². The lowest BCUT2D eigenvalue weighted by molar-refractivity contribution is -0.139. The highest BCUT2D eigenvalue weighted by Gasteiger charge is 2.33. The second-order valence-electron chi connectivity index (χ2n) is 9.78. The fraction of sp³-hybridized carbons (Fsp3) is 0.333. The first-order valence-electron chi connectivity index (χ1n) is 13.0. The van der Waals surface area contributed by atoms with Gasteiger partial charge in [0.25, 0.3) is 10.0 Å². The summed E-state index contributed by atoms with van der Waals surface area (Å²) in [6.45, 7) is 3.27. The zero-order chi connectivity index (χ0) is 27.1. The topological polar surface area (TPSA) is 86.8 Å². The number of benzene rings is 3. The van der Waals surface area contributed by atoms with E-state index in [2.05, 4.69) is 5.32 Å². The molecule has 1 fully saturated rings. The Balaban J connectivity index is 1.67. The average molecular weight is 534 g/mol. The molecule has 0 heterocycles. The van der Waals surface area contributed by atoms with Crippen LogP contribution in [0.5, 0.6) is 0 Å². The van der Waals surface area contributed by atoms with E-state index >= 15 is 0 Å². The van der Waals surface area contributed by atoms with Crippen molar-refractivity contribution < 1.29 is 18.0 Å². The maximum atomic E-state index is 13.9. The second kappa shape index (κ2) is 12.3. The summed E-state index contributed by atoms with van der Waals surface area (Å²) in [5, 5.41) is 3.09. The van der Waals surface area contributed by atoms with E-state index in [-0.39, 0.29) is 23.4 Å². The van der Waals surface area contributed by atoms with Crippen molar-refractivity contribution in [1.29, 1.82) is 0 Å². The molecule has 1 atom stereocenters. The van der Waals surface area contributed by atoms with Gasteiger partial charge in [0.05, 0.1) is 10.6 Å². The van der Waals surface area contributed by atoms with Gasteiger partial charge in [-0.1, -0.05) is 79.6 Å². The number of hydrogen-bond donors (Lipinski definition) is 1. The van der Waals surface area contributed by atoms with E-state index in [1.165, 1.54) is 17.0 Å². The summed E-state index contributed by atoms with van der Waals surface area (Å²) in [5.41, 5.74) is 2.00. The lowest BCUT2D eigenvalue weighted by atomic mass is 10.1. The molecular formula is C30H35N3O4S. The number of amides is 2. The second-order valence-corrected chi connectivity index (χ2v) is 11.6. The van der Waals surface area contributed by atoms with Crippen LogP contribution in [0.15, 0.2) is 89.8 Å². The number of nitrogens with zero attached hydrogens (tertiary/aromatic N) is 2. The number of carbonyl (C=O) groups is 2. The minimum absolute atomic E-state index is 0.0951. The van der Waals surface area contributed by atoms with Crippen LogP contribution in [0.3, 0.4) is 0 Å². The maximum Gasteiger partial charge on any atom is 0.264 e. The zero-order valence-electron chi connectivity index (χ0n) is 21.9. The Kier molecular flexibility index (Phi) is 8.84. The van der Waals surface area contributed by atoms with E-state index in [0.717, 1.165) is 41.1 Å². The van der Waals surface area contributed by atoms with Crippen LogP contribution in [0.1, 0.15) is 43.7 Å². The monoisotopic (exact) mass is 533 g/mol. The van der Waals surface area contributed by atoms with E-state index in [9.17, 15) is 18.0 Å². The van der Waals surface area contributed by atoms with Gasteiger partial charge in [-0.15, -0.1) is 0 Å². The number of nitrogens with one attached hydrogen (secondary N) is 1. The summed E-state index contributed by atoms with van der Waals surface area (Å²) in [6.07, 6.45) is 4.02. The van der Waals surface area contributed by atoms with Gasteiger partial charge in [-0.2, -0.15) is 0 Å². The maximum absolute atomic E-state index is 13.9. The lowest BCUT2D eigenvalue weighted by Crippen LogP contribution is -2.52. The standard InChI is InChI=1S/C30H35N3O4S/c1-23-13-9-12-20-28(23)33(38(36,37)27-18-7-4-8-19-27)22-29(34)32(21-25-14-5-3-6-15-25)24(2)30(35)31-26-16-10-11-17-26/h3-9,12-15,18-20,24,26H,10-11,16-17,21-22H2,1-2H3,(H,31,35)/t24-/m1/s1. The minimum Gasteiger partial charge on any atom is -0.352 e. The fourth-order valence-corrected chi connectivity index (χ4v) is 6.33. The Labute approximate surface area is 225 Å². The van der Waals surface area contributed by atoms with E-state index in [0.29, 0.717) is 5.69 Å². The molecule has 0 aliphatic heterocycles. The molecule has 0 saturated heterocycles. The third kappa shape index (κ3) is 6.42. The Bertz CT molecular complexity index is 1340. The van der Waals surface area contributed by atoms with Crippen LogP contribution >= 0.6 is 0 Å². The van der Waals surface area contributed by atoms with E-state index in [1.807, 2.05) is 49.4 Å². The summed E-state index contributed by atoms with van der Waals surface area (Å²) in [6, 6.07) is 23.9. The van der Waals surface area contributed by atoms with E-state index in [4.69, 9.17) is 0 Å². The van der Waals surface area contributed by atoms with Crippen molar-refractivity contribution in [2.24, 2.45) is 0 Å². The van der Waals surface area contributed by atoms with Crippen LogP contribution in [-0.4, -0.2) is 43.8 Å². The largest absolute Gasteiger partial charge is 0.352 e. The molecule has 8 heteroatoms. The number of aryl methyl sites for hydroxylation is 1. The summed E-state index contributed by atoms with van der Waals surface area (Å²) in [7, 11) is -4.06. The predicted octanol–water partition coefficient (Wildman–Crippen LogP) is 4.67. The van der Waals surface area contributed by atoms with E-state index < -0.39 is 28.5 Å². The van der Waals surface area contributed by atoms with Crippen LogP contribution in [0.2, 0.25) is 0 Å². The summed E-state index contributed by atoms with van der Waals surface area (Å²) in [4.78, 5) is 28.7. The molecule has 1 aliphatic carbocycles. The molecule has 0 radical (unpaired) electrons. The first-order chi connectivity index (χ1) is 18.3. The predicted molar refractivity (Wildman–Crippen MR) is 149 cm³/mol. The highest BCUT2D eigenvalue weighted by Crippen LogP contribution is 2.27. The Morgan fingerprint density at radius 1 is 0.895 bits per heavy atom. The van der Waals surface area contributed by atoms with Gasteiger partial charge in [0, 0.05) is 12.6 Å². The van der Waals surface area contributed by atoms with E-state index in [1.54, 1.807) is 37.3 Å². The molecule has 1 aliphatic rings.